The first kappa shape index (κ1) is 20.6. The standard InChI is InChI=1S/C21H35N3O2/c1-4-8-18(9-5-2)21(25)22-12-13-23-14-16-24(17-15-23)19-10-6-7-11-20(19)26-3/h6-7,10-11,18H,4-5,8-9,12-17H2,1-3H3,(H,22,25). The third kappa shape index (κ3) is 5.90. The molecule has 1 aliphatic rings. The second kappa shape index (κ2) is 11.1. The Hall–Kier alpha value is -1.75. The van der Waals surface area contributed by atoms with E-state index in [1.54, 1.807) is 7.11 Å². The van der Waals surface area contributed by atoms with Gasteiger partial charge in [-0.3, -0.25) is 9.69 Å². The van der Waals surface area contributed by atoms with Crippen LogP contribution in [0.1, 0.15) is 39.5 Å². The van der Waals surface area contributed by atoms with Gasteiger partial charge in [0.15, 0.2) is 0 Å². The lowest BCUT2D eigenvalue weighted by Gasteiger charge is -2.36. The van der Waals surface area contributed by atoms with Gasteiger partial charge in [0.1, 0.15) is 5.75 Å². The van der Waals surface area contributed by atoms with Gasteiger partial charge in [-0.05, 0) is 25.0 Å². The van der Waals surface area contributed by atoms with Crippen LogP contribution in [0.15, 0.2) is 24.3 Å². The summed E-state index contributed by atoms with van der Waals surface area (Å²) in [6, 6.07) is 8.20. The molecule has 1 amide bonds. The fraction of sp³-hybridized carbons (Fsp3) is 0.667. The number of piperazine rings is 1. The monoisotopic (exact) mass is 361 g/mol. The number of amides is 1. The molecule has 0 saturated carbocycles. The molecule has 1 saturated heterocycles. The zero-order valence-corrected chi connectivity index (χ0v) is 16.7. The summed E-state index contributed by atoms with van der Waals surface area (Å²) < 4.78 is 5.48. The van der Waals surface area contributed by atoms with E-state index in [9.17, 15) is 4.79 Å². The number of carbonyl (C=O) groups excluding carboxylic acids is 1. The number of hydrogen-bond donors (Lipinski definition) is 1. The first-order valence-corrected chi connectivity index (χ1v) is 10.1. The molecule has 146 valence electrons. The number of carbonyl (C=O) groups is 1. The molecule has 5 nitrogen and oxygen atoms in total. The van der Waals surface area contributed by atoms with Crippen LogP contribution in [0.5, 0.6) is 5.75 Å². The van der Waals surface area contributed by atoms with Crippen molar-refractivity contribution in [3.63, 3.8) is 0 Å². The number of para-hydroxylation sites is 2. The lowest BCUT2D eigenvalue weighted by molar-refractivity contribution is -0.125. The van der Waals surface area contributed by atoms with Crippen LogP contribution in [0.2, 0.25) is 0 Å². The number of methoxy groups -OCH3 is 1. The van der Waals surface area contributed by atoms with E-state index < -0.39 is 0 Å². The molecule has 0 aliphatic carbocycles. The van der Waals surface area contributed by atoms with E-state index in [4.69, 9.17) is 4.74 Å². The van der Waals surface area contributed by atoms with E-state index in [1.165, 1.54) is 5.69 Å². The van der Waals surface area contributed by atoms with Gasteiger partial charge < -0.3 is 15.0 Å². The van der Waals surface area contributed by atoms with Crippen molar-refractivity contribution in [2.45, 2.75) is 39.5 Å². The summed E-state index contributed by atoms with van der Waals surface area (Å²) in [4.78, 5) is 17.1. The van der Waals surface area contributed by atoms with Crippen molar-refractivity contribution < 1.29 is 9.53 Å². The van der Waals surface area contributed by atoms with Crippen molar-refractivity contribution >= 4 is 11.6 Å². The van der Waals surface area contributed by atoms with E-state index >= 15 is 0 Å². The molecule has 0 atom stereocenters. The molecule has 0 aromatic heterocycles. The van der Waals surface area contributed by atoms with Crippen LogP contribution in [-0.2, 0) is 4.79 Å². The minimum absolute atomic E-state index is 0.187. The SMILES string of the molecule is CCCC(CCC)C(=O)NCCN1CCN(c2ccccc2OC)CC1. The van der Waals surface area contributed by atoms with Gasteiger partial charge in [-0.25, -0.2) is 0 Å². The number of benzene rings is 1. The third-order valence-corrected chi connectivity index (χ3v) is 5.17. The zero-order chi connectivity index (χ0) is 18.8. The lowest BCUT2D eigenvalue weighted by atomic mass is 9.97. The first-order chi connectivity index (χ1) is 12.7. The van der Waals surface area contributed by atoms with Gasteiger partial charge in [0.05, 0.1) is 12.8 Å². The average molecular weight is 362 g/mol. The Labute approximate surface area is 158 Å². The molecule has 1 heterocycles. The fourth-order valence-corrected chi connectivity index (χ4v) is 3.69. The lowest BCUT2D eigenvalue weighted by Crippen LogP contribution is -2.48. The van der Waals surface area contributed by atoms with Gasteiger partial charge in [0.25, 0.3) is 0 Å². The molecule has 1 fully saturated rings. The van der Waals surface area contributed by atoms with Gasteiger partial charge in [0, 0.05) is 45.2 Å². The maximum absolute atomic E-state index is 12.3. The van der Waals surface area contributed by atoms with Gasteiger partial charge in [0.2, 0.25) is 5.91 Å². The Morgan fingerprint density at radius 3 is 2.38 bits per heavy atom. The van der Waals surface area contributed by atoms with Crippen molar-refractivity contribution in [2.24, 2.45) is 5.92 Å². The molecule has 1 N–H and O–H groups in total. The van der Waals surface area contributed by atoms with Crippen LogP contribution in [0, 0.1) is 5.92 Å². The van der Waals surface area contributed by atoms with Crippen LogP contribution in [0.3, 0.4) is 0 Å². The Morgan fingerprint density at radius 2 is 1.77 bits per heavy atom. The number of nitrogens with one attached hydrogen (secondary N) is 1. The number of nitrogens with zero attached hydrogens (tertiary/aromatic N) is 2. The molecule has 0 bridgehead atoms. The Kier molecular flexibility index (Phi) is 8.75. The smallest absolute Gasteiger partial charge is 0.223 e. The predicted molar refractivity (Wildman–Crippen MR) is 108 cm³/mol. The van der Waals surface area contributed by atoms with Crippen molar-refractivity contribution in [1.82, 2.24) is 10.2 Å². The van der Waals surface area contributed by atoms with E-state index in [0.717, 1.165) is 70.7 Å². The largest absolute Gasteiger partial charge is 0.495 e. The van der Waals surface area contributed by atoms with E-state index in [-0.39, 0.29) is 11.8 Å². The number of ether oxygens (including phenoxy) is 1. The highest BCUT2D eigenvalue weighted by atomic mass is 16.5. The van der Waals surface area contributed by atoms with Crippen LogP contribution in [0.25, 0.3) is 0 Å². The second-order valence-corrected chi connectivity index (χ2v) is 7.07. The Balaban J connectivity index is 1.73. The summed E-state index contributed by atoms with van der Waals surface area (Å²) in [5.74, 6) is 1.36. The van der Waals surface area contributed by atoms with Crippen molar-refractivity contribution in [3.8, 4) is 5.75 Å². The van der Waals surface area contributed by atoms with Crippen LogP contribution >= 0.6 is 0 Å². The van der Waals surface area contributed by atoms with Crippen molar-refractivity contribution in [2.75, 3.05) is 51.3 Å². The number of anilines is 1. The molecule has 0 spiro atoms. The van der Waals surface area contributed by atoms with Crippen LogP contribution < -0.4 is 15.0 Å². The van der Waals surface area contributed by atoms with E-state index in [0.29, 0.717) is 0 Å². The maximum Gasteiger partial charge on any atom is 0.223 e. The molecule has 0 radical (unpaired) electrons. The number of hydrogen-bond acceptors (Lipinski definition) is 4. The Morgan fingerprint density at radius 1 is 1.12 bits per heavy atom. The molecular weight excluding hydrogens is 326 g/mol. The molecular formula is C21H35N3O2. The van der Waals surface area contributed by atoms with Crippen molar-refractivity contribution in [1.29, 1.82) is 0 Å². The zero-order valence-electron chi connectivity index (χ0n) is 16.7. The van der Waals surface area contributed by atoms with Gasteiger partial charge in [-0.2, -0.15) is 0 Å². The van der Waals surface area contributed by atoms with Gasteiger partial charge >= 0.3 is 0 Å². The van der Waals surface area contributed by atoms with E-state index in [1.807, 2.05) is 12.1 Å². The highest BCUT2D eigenvalue weighted by Gasteiger charge is 2.20. The maximum atomic E-state index is 12.3. The Bertz CT molecular complexity index is 536. The highest BCUT2D eigenvalue weighted by Crippen LogP contribution is 2.28. The molecule has 1 aromatic rings. The summed E-state index contributed by atoms with van der Waals surface area (Å²) >= 11 is 0. The first-order valence-electron chi connectivity index (χ1n) is 10.1. The van der Waals surface area contributed by atoms with Gasteiger partial charge in [-0.15, -0.1) is 0 Å². The number of rotatable bonds is 10. The topological polar surface area (TPSA) is 44.8 Å². The molecule has 5 heteroatoms. The fourth-order valence-electron chi connectivity index (χ4n) is 3.69. The minimum atomic E-state index is 0.187. The van der Waals surface area contributed by atoms with Crippen LogP contribution in [0.4, 0.5) is 5.69 Å². The summed E-state index contributed by atoms with van der Waals surface area (Å²) in [5.41, 5.74) is 1.17. The predicted octanol–water partition coefficient (Wildman–Crippen LogP) is 3.15. The summed E-state index contributed by atoms with van der Waals surface area (Å²) in [6.45, 7) is 9.98. The summed E-state index contributed by atoms with van der Waals surface area (Å²) in [6.07, 6.45) is 4.14. The summed E-state index contributed by atoms with van der Waals surface area (Å²) in [5, 5.41) is 3.15. The average Bonchev–Trinajstić information content (AvgIpc) is 2.68. The normalized spacial score (nSPS) is 15.3. The highest BCUT2D eigenvalue weighted by molar-refractivity contribution is 5.78. The minimum Gasteiger partial charge on any atom is -0.495 e. The van der Waals surface area contributed by atoms with Crippen molar-refractivity contribution in [3.05, 3.63) is 24.3 Å². The molecule has 0 unspecified atom stereocenters. The quantitative estimate of drug-likeness (QED) is 0.695. The van der Waals surface area contributed by atoms with Crippen LogP contribution in [-0.4, -0.2) is 57.2 Å². The summed E-state index contributed by atoms with van der Waals surface area (Å²) in [7, 11) is 1.72. The van der Waals surface area contributed by atoms with E-state index in [2.05, 4.69) is 41.1 Å². The molecule has 2 rings (SSSR count). The third-order valence-electron chi connectivity index (χ3n) is 5.17. The molecule has 1 aromatic carbocycles. The van der Waals surface area contributed by atoms with Gasteiger partial charge in [-0.1, -0.05) is 38.8 Å². The molecule has 26 heavy (non-hydrogen) atoms. The second-order valence-electron chi connectivity index (χ2n) is 7.07. The molecule has 1 aliphatic heterocycles.